The van der Waals surface area contributed by atoms with Gasteiger partial charge in [0.05, 0.1) is 5.69 Å². The van der Waals surface area contributed by atoms with Crippen molar-refractivity contribution < 1.29 is 9.59 Å². The minimum absolute atomic E-state index is 0.0373. The molecule has 1 unspecified atom stereocenters. The average molecular weight is 390 g/mol. The molecule has 2 amide bonds. The number of amides is 2. The van der Waals surface area contributed by atoms with Crippen LogP contribution in [-0.2, 0) is 9.59 Å². The summed E-state index contributed by atoms with van der Waals surface area (Å²) in [6, 6.07) is 5.57. The van der Waals surface area contributed by atoms with Crippen LogP contribution in [0.1, 0.15) is 20.3 Å². The molecule has 1 N–H and O–H groups in total. The van der Waals surface area contributed by atoms with Gasteiger partial charge in [-0.1, -0.05) is 13.0 Å². The smallest absolute Gasteiger partial charge is 0.252 e. The lowest BCUT2D eigenvalue weighted by Gasteiger charge is -2.39. The zero-order chi connectivity index (χ0) is 14.2. The second-order valence-electron chi connectivity index (χ2n) is 4.70. The Kier molecular flexibility index (Phi) is 4.01. The van der Waals surface area contributed by atoms with E-state index in [1.54, 1.807) is 6.92 Å². The molecular weight excluding hydrogens is 376 g/mol. The fourth-order valence-electron chi connectivity index (χ4n) is 2.08. The lowest BCUT2D eigenvalue weighted by atomic mass is 9.94. The van der Waals surface area contributed by atoms with Crippen LogP contribution < -0.4 is 10.2 Å². The fraction of sp³-hybridized carbons (Fsp3) is 0.385. The van der Waals surface area contributed by atoms with E-state index >= 15 is 0 Å². The normalized spacial score (nSPS) is 23.5. The molecule has 0 bridgehead atoms. The number of hydrogen-bond donors (Lipinski definition) is 1. The Balaban J connectivity index is 2.49. The first kappa shape index (κ1) is 14.5. The van der Waals surface area contributed by atoms with Gasteiger partial charge in [-0.25, -0.2) is 0 Å². The number of carbonyl (C=O) groups is 2. The summed E-state index contributed by atoms with van der Waals surface area (Å²) in [4.78, 5) is 26.0. The first-order valence-corrected chi connectivity index (χ1v) is 7.54. The minimum atomic E-state index is -0.843. The van der Waals surface area contributed by atoms with Crippen LogP contribution in [0, 0.1) is 0 Å². The zero-order valence-electron chi connectivity index (χ0n) is 10.7. The maximum atomic E-state index is 12.6. The summed E-state index contributed by atoms with van der Waals surface area (Å²) in [5, 5.41) is 2.77. The molecule has 19 heavy (non-hydrogen) atoms. The van der Waals surface area contributed by atoms with Crippen LogP contribution >= 0.6 is 31.9 Å². The molecule has 0 aliphatic carbocycles. The average Bonchev–Trinajstić information content (AvgIpc) is 2.35. The van der Waals surface area contributed by atoms with Crippen molar-refractivity contribution in [1.29, 1.82) is 0 Å². The number of carbonyl (C=O) groups excluding carboxylic acids is 2. The monoisotopic (exact) mass is 388 g/mol. The molecule has 1 aromatic carbocycles. The third-order valence-corrected chi connectivity index (χ3v) is 4.63. The Morgan fingerprint density at radius 1 is 1.32 bits per heavy atom. The SMILES string of the molecule is CCC1(C)NC(=O)CN(c2c(Br)cccc2Br)C1=O. The van der Waals surface area contributed by atoms with E-state index in [0.29, 0.717) is 12.1 Å². The van der Waals surface area contributed by atoms with Crippen LogP contribution in [0.25, 0.3) is 0 Å². The zero-order valence-corrected chi connectivity index (χ0v) is 13.8. The van der Waals surface area contributed by atoms with Crippen molar-refractivity contribution in [3.05, 3.63) is 27.1 Å². The lowest BCUT2D eigenvalue weighted by molar-refractivity contribution is -0.135. The Bertz CT molecular complexity index is 527. The van der Waals surface area contributed by atoms with Crippen molar-refractivity contribution in [2.75, 3.05) is 11.4 Å². The number of piperazine rings is 1. The van der Waals surface area contributed by atoms with E-state index in [9.17, 15) is 9.59 Å². The van der Waals surface area contributed by atoms with Crippen LogP contribution in [0.15, 0.2) is 27.1 Å². The number of rotatable bonds is 2. The Labute approximate surface area is 128 Å². The van der Waals surface area contributed by atoms with Crippen molar-refractivity contribution in [2.45, 2.75) is 25.8 Å². The van der Waals surface area contributed by atoms with Gasteiger partial charge in [0.1, 0.15) is 12.1 Å². The predicted octanol–water partition coefficient (Wildman–Crippen LogP) is 2.84. The summed E-state index contributed by atoms with van der Waals surface area (Å²) in [5.74, 6) is -0.242. The number of hydrogen-bond acceptors (Lipinski definition) is 2. The van der Waals surface area contributed by atoms with Gasteiger partial charge in [0.25, 0.3) is 5.91 Å². The maximum absolute atomic E-state index is 12.6. The van der Waals surface area contributed by atoms with Gasteiger partial charge in [0, 0.05) is 8.95 Å². The fourth-order valence-corrected chi connectivity index (χ4v) is 3.51. The molecule has 2 rings (SSSR count). The summed E-state index contributed by atoms with van der Waals surface area (Å²) in [5.41, 5.74) is -0.147. The van der Waals surface area contributed by atoms with Gasteiger partial charge in [0.2, 0.25) is 5.91 Å². The van der Waals surface area contributed by atoms with Crippen LogP contribution in [0.3, 0.4) is 0 Å². The lowest BCUT2D eigenvalue weighted by Crippen LogP contribution is -2.65. The van der Waals surface area contributed by atoms with Crippen molar-refractivity contribution in [3.8, 4) is 0 Å². The molecule has 0 spiro atoms. The molecule has 1 heterocycles. The topological polar surface area (TPSA) is 49.4 Å². The van der Waals surface area contributed by atoms with Gasteiger partial charge in [-0.05, 0) is 57.3 Å². The van der Waals surface area contributed by atoms with Gasteiger partial charge in [-0.15, -0.1) is 0 Å². The van der Waals surface area contributed by atoms with E-state index in [1.807, 2.05) is 25.1 Å². The molecule has 0 radical (unpaired) electrons. The molecule has 4 nitrogen and oxygen atoms in total. The van der Waals surface area contributed by atoms with E-state index in [2.05, 4.69) is 37.2 Å². The van der Waals surface area contributed by atoms with Crippen molar-refractivity contribution in [3.63, 3.8) is 0 Å². The number of nitrogens with one attached hydrogen (secondary N) is 1. The number of benzene rings is 1. The third kappa shape index (κ3) is 2.56. The largest absolute Gasteiger partial charge is 0.340 e. The highest BCUT2D eigenvalue weighted by Crippen LogP contribution is 2.36. The Morgan fingerprint density at radius 3 is 2.42 bits per heavy atom. The van der Waals surface area contributed by atoms with Gasteiger partial charge in [-0.2, -0.15) is 0 Å². The molecule has 1 atom stereocenters. The van der Waals surface area contributed by atoms with E-state index in [-0.39, 0.29) is 18.4 Å². The molecule has 1 saturated heterocycles. The van der Waals surface area contributed by atoms with Gasteiger partial charge >= 0.3 is 0 Å². The molecule has 0 aromatic heterocycles. The predicted molar refractivity (Wildman–Crippen MR) is 81.0 cm³/mol. The van der Waals surface area contributed by atoms with Gasteiger partial charge < -0.3 is 5.32 Å². The quantitative estimate of drug-likeness (QED) is 0.845. The molecule has 1 aliphatic heterocycles. The number of para-hydroxylation sites is 1. The number of anilines is 1. The summed E-state index contributed by atoms with van der Waals surface area (Å²) < 4.78 is 1.56. The van der Waals surface area contributed by atoms with Crippen LogP contribution in [-0.4, -0.2) is 23.9 Å². The Morgan fingerprint density at radius 2 is 1.89 bits per heavy atom. The summed E-state index contributed by atoms with van der Waals surface area (Å²) in [6.45, 7) is 3.68. The van der Waals surface area contributed by atoms with E-state index in [4.69, 9.17) is 0 Å². The van der Waals surface area contributed by atoms with Crippen molar-refractivity contribution in [2.24, 2.45) is 0 Å². The number of nitrogens with zero attached hydrogens (tertiary/aromatic N) is 1. The van der Waals surface area contributed by atoms with E-state index < -0.39 is 5.54 Å². The van der Waals surface area contributed by atoms with Crippen LogP contribution in [0.2, 0.25) is 0 Å². The molecule has 102 valence electrons. The third-order valence-electron chi connectivity index (χ3n) is 3.35. The van der Waals surface area contributed by atoms with Crippen LogP contribution in [0.5, 0.6) is 0 Å². The molecule has 1 aromatic rings. The van der Waals surface area contributed by atoms with Crippen molar-refractivity contribution in [1.82, 2.24) is 5.32 Å². The second-order valence-corrected chi connectivity index (χ2v) is 6.40. The highest BCUT2D eigenvalue weighted by molar-refractivity contribution is 9.11. The molecule has 0 saturated carbocycles. The number of halogens is 2. The van der Waals surface area contributed by atoms with Gasteiger partial charge in [0.15, 0.2) is 0 Å². The van der Waals surface area contributed by atoms with Crippen LogP contribution in [0.4, 0.5) is 5.69 Å². The van der Waals surface area contributed by atoms with Gasteiger partial charge in [-0.3, -0.25) is 14.5 Å². The minimum Gasteiger partial charge on any atom is -0.340 e. The highest BCUT2D eigenvalue weighted by atomic mass is 79.9. The first-order chi connectivity index (χ1) is 8.89. The van der Waals surface area contributed by atoms with E-state index in [0.717, 1.165) is 8.95 Å². The highest BCUT2D eigenvalue weighted by Gasteiger charge is 2.43. The maximum Gasteiger partial charge on any atom is 0.252 e. The summed E-state index contributed by atoms with van der Waals surface area (Å²) >= 11 is 6.87. The first-order valence-electron chi connectivity index (χ1n) is 5.96. The summed E-state index contributed by atoms with van der Waals surface area (Å²) in [7, 11) is 0. The molecule has 1 fully saturated rings. The summed E-state index contributed by atoms with van der Waals surface area (Å²) in [6.07, 6.45) is 0.552. The molecule has 6 heteroatoms. The second kappa shape index (κ2) is 5.25. The standard InChI is InChI=1S/C13H14Br2N2O2/c1-3-13(2)12(19)17(7-10(18)16-13)11-8(14)5-4-6-9(11)15/h4-6H,3,7H2,1-2H3,(H,16,18). The van der Waals surface area contributed by atoms with E-state index in [1.165, 1.54) is 4.90 Å². The molecular formula is C13H14Br2N2O2. The van der Waals surface area contributed by atoms with Crippen molar-refractivity contribution >= 4 is 49.4 Å². The Hall–Kier alpha value is -0.880. The molecule has 1 aliphatic rings.